The molecule has 450 valence electrons. The summed E-state index contributed by atoms with van der Waals surface area (Å²) in [5, 5.41) is 0. The Morgan fingerprint density at radius 1 is 0.0938 bits per heavy atom. The number of hydrogen-bond acceptors (Lipinski definition) is 3. The molecule has 0 spiro atoms. The number of pyridine rings is 3. The van der Waals surface area contributed by atoms with E-state index in [1.807, 2.05) is 0 Å². The number of aromatic nitrogens is 3. The third kappa shape index (κ3) is 12.7. The van der Waals surface area contributed by atoms with Crippen molar-refractivity contribution in [1.82, 2.24) is 15.0 Å². The molecule has 0 unspecified atom stereocenters. The topological polar surface area (TPSA) is 38.7 Å². The summed E-state index contributed by atoms with van der Waals surface area (Å²) in [7, 11) is 0. The van der Waals surface area contributed by atoms with E-state index in [2.05, 4.69) is 382 Å². The van der Waals surface area contributed by atoms with Crippen LogP contribution in [0.3, 0.4) is 0 Å². The van der Waals surface area contributed by atoms with Crippen molar-refractivity contribution in [3.63, 3.8) is 0 Å². The largest absolute Gasteiger partial charge is 0.248 e. The first-order valence-corrected chi connectivity index (χ1v) is 32.7. The van der Waals surface area contributed by atoms with Gasteiger partial charge in [0.2, 0.25) is 0 Å². The third-order valence-electron chi connectivity index (χ3n) is 18.0. The molecule has 16 aromatic rings. The van der Waals surface area contributed by atoms with Crippen LogP contribution in [0.2, 0.25) is 0 Å². The van der Waals surface area contributed by atoms with Crippen molar-refractivity contribution in [2.45, 2.75) is 0 Å². The van der Waals surface area contributed by atoms with Crippen molar-refractivity contribution in [3.05, 3.63) is 382 Å². The van der Waals surface area contributed by atoms with Crippen LogP contribution in [0.15, 0.2) is 382 Å². The second-order valence-corrected chi connectivity index (χ2v) is 24.4. The zero-order valence-corrected chi connectivity index (χ0v) is 52.7. The van der Waals surface area contributed by atoms with Crippen LogP contribution in [0.1, 0.15) is 0 Å². The molecule has 96 heavy (non-hydrogen) atoms. The summed E-state index contributed by atoms with van der Waals surface area (Å²) in [6.07, 6.45) is 0. The maximum atomic E-state index is 5.19. The van der Waals surface area contributed by atoms with Gasteiger partial charge in [-0.15, -0.1) is 0 Å². The molecule has 0 atom stereocenters. The minimum absolute atomic E-state index is 0.938. The third-order valence-corrected chi connectivity index (χ3v) is 18.0. The van der Waals surface area contributed by atoms with Crippen LogP contribution >= 0.6 is 0 Å². The summed E-state index contributed by atoms with van der Waals surface area (Å²) in [5.41, 5.74) is 32.4. The monoisotopic (exact) mass is 1220 g/mol. The lowest BCUT2D eigenvalue weighted by molar-refractivity contribution is 1.32. The van der Waals surface area contributed by atoms with E-state index >= 15 is 0 Å². The van der Waals surface area contributed by atoms with Crippen LogP contribution in [0.4, 0.5) is 0 Å². The van der Waals surface area contributed by atoms with E-state index in [1.54, 1.807) is 0 Å². The van der Waals surface area contributed by atoms with E-state index in [1.165, 1.54) is 0 Å². The minimum atomic E-state index is 0.938. The zero-order chi connectivity index (χ0) is 64.0. The van der Waals surface area contributed by atoms with Gasteiger partial charge in [0, 0.05) is 33.4 Å². The molecule has 0 fully saturated rings. The van der Waals surface area contributed by atoms with Gasteiger partial charge in [-0.1, -0.05) is 291 Å². The summed E-state index contributed by atoms with van der Waals surface area (Å²) < 4.78 is 0. The molecule has 3 heteroatoms. The normalized spacial score (nSPS) is 11.1. The molecule has 16 rings (SSSR count). The van der Waals surface area contributed by atoms with Gasteiger partial charge in [-0.05, 0) is 191 Å². The first-order valence-electron chi connectivity index (χ1n) is 32.7. The van der Waals surface area contributed by atoms with Crippen LogP contribution in [0, 0.1) is 0 Å². The molecule has 0 aliphatic heterocycles. The molecule has 13 aromatic carbocycles. The summed E-state index contributed by atoms with van der Waals surface area (Å²) in [6, 6.07) is 137. The van der Waals surface area contributed by atoms with E-state index < -0.39 is 0 Å². The highest BCUT2D eigenvalue weighted by molar-refractivity contribution is 5.89. The van der Waals surface area contributed by atoms with Crippen molar-refractivity contribution in [2.75, 3.05) is 0 Å². The molecule has 0 radical (unpaired) electrons. The van der Waals surface area contributed by atoms with Gasteiger partial charge in [-0.25, -0.2) is 15.0 Å². The SMILES string of the molecule is c1ccc(-c2cc(-c3cccc(-c4cccc(-c5cc(-c6cccc(-c7cccc(-c8cc(-c9ccccc9)nc(-c9ccccc9)c8)c7)c6)cc(-c6cccc(-c7cccc(-c8cc(-c9ccccc9)nc(-c9ccccc9)c8)c7)c6)c5)c4)c3)cc(-c3ccccc3)n2)cc1. The van der Waals surface area contributed by atoms with Crippen molar-refractivity contribution in [1.29, 1.82) is 0 Å². The van der Waals surface area contributed by atoms with E-state index in [-0.39, 0.29) is 0 Å². The maximum Gasteiger partial charge on any atom is 0.0715 e. The van der Waals surface area contributed by atoms with Gasteiger partial charge in [0.25, 0.3) is 0 Å². The van der Waals surface area contributed by atoms with Gasteiger partial charge in [0.05, 0.1) is 34.2 Å². The fourth-order valence-corrected chi connectivity index (χ4v) is 13.0. The van der Waals surface area contributed by atoms with Crippen molar-refractivity contribution >= 4 is 0 Å². The zero-order valence-electron chi connectivity index (χ0n) is 52.7. The van der Waals surface area contributed by atoms with Crippen molar-refractivity contribution < 1.29 is 0 Å². The molecule has 3 aromatic heterocycles. The van der Waals surface area contributed by atoms with Crippen LogP contribution in [0.5, 0.6) is 0 Å². The predicted octanol–water partition coefficient (Wildman–Crippen LogP) is 24.9. The Morgan fingerprint density at radius 2 is 0.208 bits per heavy atom. The lowest BCUT2D eigenvalue weighted by Gasteiger charge is -2.15. The van der Waals surface area contributed by atoms with Crippen molar-refractivity contribution in [2.24, 2.45) is 0 Å². The highest BCUT2D eigenvalue weighted by Crippen LogP contribution is 2.41. The van der Waals surface area contributed by atoms with Gasteiger partial charge < -0.3 is 0 Å². The van der Waals surface area contributed by atoms with E-state index in [4.69, 9.17) is 15.0 Å². The Morgan fingerprint density at radius 3 is 0.365 bits per heavy atom. The Kier molecular flexibility index (Phi) is 16.1. The van der Waals surface area contributed by atoms with E-state index in [0.717, 1.165) is 168 Å². The minimum Gasteiger partial charge on any atom is -0.248 e. The number of rotatable bonds is 15. The lowest BCUT2D eigenvalue weighted by atomic mass is 9.90. The summed E-state index contributed by atoms with van der Waals surface area (Å²) in [5.74, 6) is 0. The Hall–Kier alpha value is -12.7. The standard InChI is InChI=1S/C93H63N3/c1-7-25-64(26-8-1)88-58-85(59-89(94-88)65-27-9-2-10-28-65)79-46-22-40-73(52-79)70-37-19-43-76(49-70)82-55-83(77-44-20-38-71(50-77)74-41-23-47-80(53-74)86-60-90(66-29-11-3-12-30-66)95-91(61-86)67-31-13-4-14-32-67)57-84(56-82)78-45-21-39-72(51-78)75-42-24-48-81(54-75)87-62-92(68-33-15-5-16-34-68)96-93(63-87)69-35-17-6-18-36-69/h1-63H. The fraction of sp³-hybridized carbons (Fsp3) is 0. The van der Waals surface area contributed by atoms with Gasteiger partial charge >= 0.3 is 0 Å². The predicted molar refractivity (Wildman–Crippen MR) is 401 cm³/mol. The molecule has 0 N–H and O–H groups in total. The lowest BCUT2D eigenvalue weighted by Crippen LogP contribution is -1.92. The second-order valence-electron chi connectivity index (χ2n) is 24.4. The number of benzene rings is 13. The average Bonchev–Trinajstić information content (AvgIpc) is 0.978. The van der Waals surface area contributed by atoms with Crippen LogP contribution in [-0.4, -0.2) is 15.0 Å². The smallest absolute Gasteiger partial charge is 0.0715 e. The molecule has 0 aliphatic rings. The first-order chi connectivity index (χ1) is 47.5. The Bertz CT molecular complexity index is 4710. The molecule has 0 bridgehead atoms. The molecule has 0 saturated carbocycles. The first kappa shape index (κ1) is 58.4. The summed E-state index contributed by atoms with van der Waals surface area (Å²) in [6.45, 7) is 0. The highest BCUT2D eigenvalue weighted by Gasteiger charge is 2.17. The van der Waals surface area contributed by atoms with Crippen molar-refractivity contribution in [3.8, 4) is 168 Å². The fourth-order valence-electron chi connectivity index (χ4n) is 13.0. The molecule has 3 nitrogen and oxygen atoms in total. The molecular weight excluding hydrogens is 1160 g/mol. The van der Waals surface area contributed by atoms with Gasteiger partial charge in [0.15, 0.2) is 0 Å². The highest BCUT2D eigenvalue weighted by atomic mass is 14.7. The molecule has 3 heterocycles. The Balaban J connectivity index is 0.790. The van der Waals surface area contributed by atoms with Crippen LogP contribution < -0.4 is 0 Å². The molecule has 0 saturated heterocycles. The number of nitrogens with zero attached hydrogens (tertiary/aromatic N) is 3. The average molecular weight is 1220 g/mol. The quantitative estimate of drug-likeness (QED) is 0.103. The van der Waals surface area contributed by atoms with Gasteiger partial charge in [0.1, 0.15) is 0 Å². The van der Waals surface area contributed by atoms with Crippen LogP contribution in [-0.2, 0) is 0 Å². The molecule has 0 amide bonds. The van der Waals surface area contributed by atoms with E-state index in [0.29, 0.717) is 0 Å². The van der Waals surface area contributed by atoms with Gasteiger partial charge in [-0.3, -0.25) is 0 Å². The summed E-state index contributed by atoms with van der Waals surface area (Å²) in [4.78, 5) is 15.6. The second kappa shape index (κ2) is 26.5. The molecule has 0 aliphatic carbocycles. The van der Waals surface area contributed by atoms with Crippen LogP contribution in [0.25, 0.3) is 168 Å². The van der Waals surface area contributed by atoms with Gasteiger partial charge in [-0.2, -0.15) is 0 Å². The summed E-state index contributed by atoms with van der Waals surface area (Å²) >= 11 is 0. The van der Waals surface area contributed by atoms with E-state index in [9.17, 15) is 0 Å². The maximum absolute atomic E-state index is 5.19. The molecular formula is C93H63N3. The Labute approximate surface area is 561 Å². The number of hydrogen-bond donors (Lipinski definition) is 0.